The van der Waals surface area contributed by atoms with E-state index in [4.69, 9.17) is 9.47 Å². The molecule has 8 nitrogen and oxygen atoms in total. The highest BCUT2D eigenvalue weighted by Crippen LogP contribution is 2.34. The molecule has 3 heterocycles. The van der Waals surface area contributed by atoms with Crippen LogP contribution < -0.4 is 25.0 Å². The average Bonchev–Trinajstić information content (AvgIpc) is 3.45. The first-order valence-corrected chi connectivity index (χ1v) is 11.7. The summed E-state index contributed by atoms with van der Waals surface area (Å²) in [6, 6.07) is 11.7. The molecule has 0 aliphatic carbocycles. The number of hydrogen-bond donors (Lipinski definition) is 2. The zero-order valence-corrected chi connectivity index (χ0v) is 18.9. The molecule has 0 saturated carbocycles. The van der Waals surface area contributed by atoms with Crippen LogP contribution in [0.3, 0.4) is 0 Å². The van der Waals surface area contributed by atoms with E-state index in [1.807, 2.05) is 0 Å². The van der Waals surface area contributed by atoms with Crippen LogP contribution in [-0.4, -0.2) is 56.7 Å². The summed E-state index contributed by atoms with van der Waals surface area (Å²) in [6.07, 6.45) is 4.59. The molecule has 1 fully saturated rings. The number of likely N-dealkylation sites (tertiary alicyclic amines) is 1. The van der Waals surface area contributed by atoms with E-state index in [0.717, 1.165) is 38.9 Å². The van der Waals surface area contributed by atoms with Crippen LogP contribution in [-0.2, 0) is 16.0 Å². The number of nitrogens with one attached hydrogen (secondary N) is 2. The highest BCUT2D eigenvalue weighted by Gasteiger charge is 2.26. The molecular formula is C25H30N4O4. The van der Waals surface area contributed by atoms with Crippen LogP contribution in [0.1, 0.15) is 36.4 Å². The third kappa shape index (κ3) is 4.61. The lowest BCUT2D eigenvalue weighted by atomic mass is 9.98. The highest BCUT2D eigenvalue weighted by molar-refractivity contribution is 6.39. The van der Waals surface area contributed by atoms with Gasteiger partial charge in [0, 0.05) is 37.6 Å². The number of ether oxygens (including phenoxy) is 2. The average molecular weight is 451 g/mol. The molecule has 1 atom stereocenters. The quantitative estimate of drug-likeness (QED) is 0.682. The van der Waals surface area contributed by atoms with Gasteiger partial charge in [0.2, 0.25) is 6.79 Å². The van der Waals surface area contributed by atoms with Crippen molar-refractivity contribution in [1.82, 2.24) is 10.2 Å². The molecule has 1 saturated heterocycles. The lowest BCUT2D eigenvalue weighted by Crippen LogP contribution is -2.43. The largest absolute Gasteiger partial charge is 0.454 e. The molecule has 0 bridgehead atoms. The molecule has 0 spiro atoms. The van der Waals surface area contributed by atoms with Crippen molar-refractivity contribution in [2.75, 3.05) is 50.2 Å². The summed E-state index contributed by atoms with van der Waals surface area (Å²) in [5, 5.41) is 5.52. The Bertz CT molecular complexity index is 1050. The van der Waals surface area contributed by atoms with Crippen molar-refractivity contribution in [3.8, 4) is 11.5 Å². The van der Waals surface area contributed by atoms with Crippen molar-refractivity contribution in [3.05, 3.63) is 47.5 Å². The third-order valence-electron chi connectivity index (χ3n) is 6.74. The Labute approximate surface area is 193 Å². The molecule has 2 aromatic carbocycles. The van der Waals surface area contributed by atoms with Crippen LogP contribution in [0, 0.1) is 0 Å². The predicted octanol–water partition coefficient (Wildman–Crippen LogP) is 2.69. The number of benzene rings is 2. The van der Waals surface area contributed by atoms with Gasteiger partial charge in [0.15, 0.2) is 11.5 Å². The van der Waals surface area contributed by atoms with Crippen LogP contribution >= 0.6 is 0 Å². The number of piperidine rings is 1. The predicted molar refractivity (Wildman–Crippen MR) is 126 cm³/mol. The summed E-state index contributed by atoms with van der Waals surface area (Å²) in [5.74, 6) is -0.152. The van der Waals surface area contributed by atoms with Crippen molar-refractivity contribution >= 4 is 23.2 Å². The van der Waals surface area contributed by atoms with E-state index in [9.17, 15) is 9.59 Å². The first kappa shape index (κ1) is 21.6. The Morgan fingerprint density at radius 1 is 0.970 bits per heavy atom. The molecule has 5 rings (SSSR count). The summed E-state index contributed by atoms with van der Waals surface area (Å²) in [4.78, 5) is 29.8. The molecule has 2 amide bonds. The monoisotopic (exact) mass is 450 g/mol. The first-order valence-electron chi connectivity index (χ1n) is 11.7. The Kier molecular flexibility index (Phi) is 6.09. The number of carbonyl (C=O) groups excluding carboxylic acids is 2. The Balaban J connectivity index is 1.26. The Hall–Kier alpha value is -3.26. The van der Waals surface area contributed by atoms with E-state index >= 15 is 0 Å². The molecule has 2 aromatic rings. The van der Waals surface area contributed by atoms with Gasteiger partial charge >= 0.3 is 11.8 Å². The molecule has 8 heteroatoms. The number of nitrogens with zero attached hydrogens (tertiary/aromatic N) is 2. The second-order valence-corrected chi connectivity index (χ2v) is 8.90. The summed E-state index contributed by atoms with van der Waals surface area (Å²) < 4.78 is 10.6. The number of fused-ring (bicyclic) bond motifs is 2. The lowest BCUT2D eigenvalue weighted by molar-refractivity contribution is -0.136. The van der Waals surface area contributed by atoms with E-state index in [-0.39, 0.29) is 12.8 Å². The minimum absolute atomic E-state index is 0.0452. The van der Waals surface area contributed by atoms with Crippen molar-refractivity contribution in [2.24, 2.45) is 0 Å². The first-order chi connectivity index (χ1) is 16.1. The van der Waals surface area contributed by atoms with E-state index in [2.05, 4.69) is 45.7 Å². The molecular weight excluding hydrogens is 420 g/mol. The minimum atomic E-state index is -0.693. The van der Waals surface area contributed by atoms with Crippen LogP contribution in [0.15, 0.2) is 36.4 Å². The summed E-state index contributed by atoms with van der Waals surface area (Å²) in [7, 11) is 2.12. The molecule has 3 aliphatic heterocycles. The zero-order chi connectivity index (χ0) is 22.8. The van der Waals surface area contributed by atoms with Gasteiger partial charge in [0.1, 0.15) is 0 Å². The number of anilines is 2. The van der Waals surface area contributed by atoms with E-state index in [0.29, 0.717) is 23.7 Å². The lowest BCUT2D eigenvalue weighted by Gasteiger charge is -2.35. The van der Waals surface area contributed by atoms with Gasteiger partial charge < -0.3 is 25.0 Å². The second kappa shape index (κ2) is 9.31. The van der Waals surface area contributed by atoms with Crippen LogP contribution in [0.4, 0.5) is 11.4 Å². The molecule has 2 N–H and O–H groups in total. The smallest absolute Gasteiger partial charge is 0.313 e. The van der Waals surface area contributed by atoms with Crippen LogP contribution in [0.25, 0.3) is 0 Å². The van der Waals surface area contributed by atoms with Gasteiger partial charge in [-0.3, -0.25) is 14.5 Å². The number of rotatable bonds is 5. The number of carbonyl (C=O) groups is 2. The fourth-order valence-corrected chi connectivity index (χ4v) is 4.91. The Morgan fingerprint density at radius 3 is 2.64 bits per heavy atom. The third-order valence-corrected chi connectivity index (χ3v) is 6.74. The molecule has 0 radical (unpaired) electrons. The maximum Gasteiger partial charge on any atom is 0.313 e. The summed E-state index contributed by atoms with van der Waals surface area (Å²) >= 11 is 0. The second-order valence-electron chi connectivity index (χ2n) is 8.90. The molecule has 33 heavy (non-hydrogen) atoms. The normalized spacial score (nSPS) is 18.0. The Morgan fingerprint density at radius 2 is 1.79 bits per heavy atom. The summed E-state index contributed by atoms with van der Waals surface area (Å²) in [6.45, 7) is 3.58. The van der Waals surface area contributed by atoms with Gasteiger partial charge in [0.25, 0.3) is 0 Å². The fourth-order valence-electron chi connectivity index (χ4n) is 4.91. The maximum atomic E-state index is 12.6. The van der Waals surface area contributed by atoms with E-state index < -0.39 is 11.8 Å². The molecule has 0 aromatic heterocycles. The van der Waals surface area contributed by atoms with Gasteiger partial charge in [0.05, 0.1) is 6.04 Å². The standard InChI is InChI=1S/C25H30N4O4/c1-28-12-9-18-13-17(5-7-20(18)28)21(29-10-3-2-4-11-29)15-26-24(30)25(31)27-19-6-8-22-23(14-19)33-16-32-22/h5-8,13-14,21H,2-4,9-12,15-16H2,1H3,(H,26,30)(H,27,31). The van der Waals surface area contributed by atoms with Crippen molar-refractivity contribution in [1.29, 1.82) is 0 Å². The van der Waals surface area contributed by atoms with Gasteiger partial charge in [-0.2, -0.15) is 0 Å². The number of hydrogen-bond acceptors (Lipinski definition) is 6. The van der Waals surface area contributed by atoms with Crippen molar-refractivity contribution < 1.29 is 19.1 Å². The number of likely N-dealkylation sites (N-methyl/N-ethyl adjacent to an activating group) is 1. The van der Waals surface area contributed by atoms with Crippen molar-refractivity contribution in [2.45, 2.75) is 31.7 Å². The zero-order valence-electron chi connectivity index (χ0n) is 18.9. The minimum Gasteiger partial charge on any atom is -0.454 e. The molecule has 3 aliphatic rings. The van der Waals surface area contributed by atoms with Crippen molar-refractivity contribution in [3.63, 3.8) is 0 Å². The van der Waals surface area contributed by atoms with Gasteiger partial charge in [-0.15, -0.1) is 0 Å². The van der Waals surface area contributed by atoms with Gasteiger partial charge in [-0.05, 0) is 61.7 Å². The van der Waals surface area contributed by atoms with Gasteiger partial charge in [-0.1, -0.05) is 18.6 Å². The number of amides is 2. The van der Waals surface area contributed by atoms with Crippen LogP contribution in [0.2, 0.25) is 0 Å². The molecule has 174 valence electrons. The topological polar surface area (TPSA) is 83.1 Å². The SMILES string of the molecule is CN1CCc2cc(C(CNC(=O)C(=O)Nc3ccc4c(c3)OCO4)N3CCCCC3)ccc21. The van der Waals surface area contributed by atoms with Crippen LogP contribution in [0.5, 0.6) is 11.5 Å². The maximum absolute atomic E-state index is 12.6. The highest BCUT2D eigenvalue weighted by atomic mass is 16.7. The van der Waals surface area contributed by atoms with Gasteiger partial charge in [-0.25, -0.2) is 0 Å². The summed E-state index contributed by atoms with van der Waals surface area (Å²) in [5.41, 5.74) is 4.32. The van der Waals surface area contributed by atoms with E-state index in [1.165, 1.54) is 23.2 Å². The molecule has 1 unspecified atom stereocenters. The van der Waals surface area contributed by atoms with E-state index in [1.54, 1.807) is 18.2 Å². The fraction of sp³-hybridized carbons (Fsp3) is 0.440.